The average Bonchev–Trinajstić information content (AvgIpc) is 2.29. The normalized spacial score (nSPS) is 20.8. The first-order chi connectivity index (χ1) is 7.29. The highest BCUT2D eigenvalue weighted by Crippen LogP contribution is 2.24. The second-order valence-electron chi connectivity index (χ2n) is 4.86. The number of nitrogens with one attached hydrogen (secondary N) is 1. The summed E-state index contributed by atoms with van der Waals surface area (Å²) in [5.74, 6) is 0. The summed E-state index contributed by atoms with van der Waals surface area (Å²) >= 11 is 0. The van der Waals surface area contributed by atoms with Crippen LogP contribution in [0.15, 0.2) is 0 Å². The average molecular weight is 212 g/mol. The molecule has 0 aromatic carbocycles. The van der Waals surface area contributed by atoms with Crippen LogP contribution in [0.5, 0.6) is 0 Å². The Labute approximate surface area is 95.4 Å². The van der Waals surface area contributed by atoms with Crippen LogP contribution in [0.1, 0.15) is 52.4 Å². The van der Waals surface area contributed by atoms with E-state index in [2.05, 4.69) is 24.1 Å². The molecule has 0 heterocycles. The van der Waals surface area contributed by atoms with Crippen molar-refractivity contribution in [2.24, 2.45) is 0 Å². The van der Waals surface area contributed by atoms with Crippen LogP contribution < -0.4 is 5.32 Å². The molecule has 0 radical (unpaired) electrons. The summed E-state index contributed by atoms with van der Waals surface area (Å²) in [5, 5.41) is 3.25. The van der Waals surface area contributed by atoms with Gasteiger partial charge in [0.05, 0.1) is 0 Å². The van der Waals surface area contributed by atoms with Crippen molar-refractivity contribution < 1.29 is 0 Å². The Balaban J connectivity index is 2.37. The molecule has 0 saturated heterocycles. The Bertz CT molecular complexity index is 153. The third-order valence-electron chi connectivity index (χ3n) is 3.79. The highest BCUT2D eigenvalue weighted by atomic mass is 15.2. The number of nitrogens with zero attached hydrogens (tertiary/aromatic N) is 1. The van der Waals surface area contributed by atoms with Gasteiger partial charge in [-0.15, -0.1) is 0 Å². The molecule has 0 bridgehead atoms. The SMILES string of the molecule is CCN(C(C)CCNC)C1CCCCC1. The van der Waals surface area contributed by atoms with Gasteiger partial charge >= 0.3 is 0 Å². The maximum absolute atomic E-state index is 3.25. The van der Waals surface area contributed by atoms with Crippen molar-refractivity contribution in [3.63, 3.8) is 0 Å². The maximum atomic E-state index is 3.25. The van der Waals surface area contributed by atoms with Gasteiger partial charge in [-0.2, -0.15) is 0 Å². The molecule has 1 saturated carbocycles. The Morgan fingerprint density at radius 3 is 2.47 bits per heavy atom. The minimum atomic E-state index is 0.741. The Hall–Kier alpha value is -0.0800. The van der Waals surface area contributed by atoms with Gasteiger partial charge in [-0.3, -0.25) is 4.90 Å². The summed E-state index contributed by atoms with van der Waals surface area (Å²) in [7, 11) is 2.05. The van der Waals surface area contributed by atoms with Crippen molar-refractivity contribution >= 4 is 0 Å². The number of rotatable bonds is 6. The first kappa shape index (κ1) is 13.0. The lowest BCUT2D eigenvalue weighted by Crippen LogP contribution is -2.43. The fourth-order valence-electron chi connectivity index (χ4n) is 2.86. The van der Waals surface area contributed by atoms with Gasteiger partial charge in [0, 0.05) is 12.1 Å². The van der Waals surface area contributed by atoms with Crippen LogP contribution in [-0.2, 0) is 0 Å². The Morgan fingerprint density at radius 1 is 1.27 bits per heavy atom. The van der Waals surface area contributed by atoms with Crippen LogP contribution >= 0.6 is 0 Å². The van der Waals surface area contributed by atoms with Crippen molar-refractivity contribution in [2.75, 3.05) is 20.1 Å². The van der Waals surface area contributed by atoms with E-state index in [1.807, 2.05) is 7.05 Å². The van der Waals surface area contributed by atoms with E-state index < -0.39 is 0 Å². The van der Waals surface area contributed by atoms with Crippen molar-refractivity contribution in [1.29, 1.82) is 0 Å². The highest BCUT2D eigenvalue weighted by molar-refractivity contribution is 4.79. The smallest absolute Gasteiger partial charge is 0.00979 e. The van der Waals surface area contributed by atoms with E-state index in [4.69, 9.17) is 0 Å². The molecular weight excluding hydrogens is 184 g/mol. The summed E-state index contributed by atoms with van der Waals surface area (Å²) in [6.07, 6.45) is 8.48. The van der Waals surface area contributed by atoms with E-state index in [1.165, 1.54) is 45.1 Å². The van der Waals surface area contributed by atoms with Gasteiger partial charge in [0.1, 0.15) is 0 Å². The predicted molar refractivity (Wildman–Crippen MR) is 67.3 cm³/mol. The summed E-state index contributed by atoms with van der Waals surface area (Å²) in [6.45, 7) is 7.06. The van der Waals surface area contributed by atoms with Gasteiger partial charge in [-0.25, -0.2) is 0 Å². The largest absolute Gasteiger partial charge is 0.320 e. The second-order valence-corrected chi connectivity index (χ2v) is 4.86. The highest BCUT2D eigenvalue weighted by Gasteiger charge is 2.23. The quantitative estimate of drug-likeness (QED) is 0.728. The molecule has 1 aliphatic carbocycles. The topological polar surface area (TPSA) is 15.3 Å². The van der Waals surface area contributed by atoms with E-state index >= 15 is 0 Å². The van der Waals surface area contributed by atoms with E-state index in [-0.39, 0.29) is 0 Å². The fourth-order valence-corrected chi connectivity index (χ4v) is 2.86. The van der Waals surface area contributed by atoms with Crippen LogP contribution in [0.2, 0.25) is 0 Å². The molecule has 0 spiro atoms. The maximum Gasteiger partial charge on any atom is 0.00979 e. The molecule has 1 N–H and O–H groups in total. The summed E-state index contributed by atoms with van der Waals surface area (Å²) in [6, 6.07) is 1.61. The van der Waals surface area contributed by atoms with Crippen LogP contribution in [0, 0.1) is 0 Å². The van der Waals surface area contributed by atoms with Gasteiger partial charge in [0.15, 0.2) is 0 Å². The molecule has 0 amide bonds. The molecule has 15 heavy (non-hydrogen) atoms. The Morgan fingerprint density at radius 2 is 1.93 bits per heavy atom. The predicted octanol–water partition coefficient (Wildman–Crippen LogP) is 2.64. The third-order valence-corrected chi connectivity index (χ3v) is 3.79. The van der Waals surface area contributed by atoms with E-state index in [1.54, 1.807) is 0 Å². The number of hydrogen-bond acceptors (Lipinski definition) is 2. The van der Waals surface area contributed by atoms with Crippen molar-refractivity contribution in [1.82, 2.24) is 10.2 Å². The molecule has 1 rings (SSSR count). The molecule has 90 valence electrons. The third kappa shape index (κ3) is 4.12. The standard InChI is InChI=1S/C13H28N2/c1-4-15(12(2)10-11-14-3)13-8-6-5-7-9-13/h12-14H,4-11H2,1-3H3. The zero-order valence-electron chi connectivity index (χ0n) is 10.8. The van der Waals surface area contributed by atoms with Gasteiger partial charge in [-0.05, 0) is 46.3 Å². The van der Waals surface area contributed by atoms with Crippen molar-refractivity contribution in [2.45, 2.75) is 64.5 Å². The zero-order valence-corrected chi connectivity index (χ0v) is 10.8. The van der Waals surface area contributed by atoms with Crippen LogP contribution in [0.3, 0.4) is 0 Å². The molecule has 0 aromatic heterocycles. The lowest BCUT2D eigenvalue weighted by molar-refractivity contribution is 0.114. The first-order valence-corrected chi connectivity index (χ1v) is 6.70. The number of hydrogen-bond donors (Lipinski definition) is 1. The van der Waals surface area contributed by atoms with Gasteiger partial charge in [0.2, 0.25) is 0 Å². The van der Waals surface area contributed by atoms with E-state index in [0.29, 0.717) is 0 Å². The molecule has 1 fully saturated rings. The van der Waals surface area contributed by atoms with Crippen LogP contribution in [-0.4, -0.2) is 37.1 Å². The molecule has 2 heteroatoms. The lowest BCUT2D eigenvalue weighted by atomic mass is 9.93. The zero-order chi connectivity index (χ0) is 11.1. The van der Waals surface area contributed by atoms with Gasteiger partial charge in [0.25, 0.3) is 0 Å². The first-order valence-electron chi connectivity index (χ1n) is 6.70. The molecule has 1 atom stereocenters. The van der Waals surface area contributed by atoms with E-state index in [0.717, 1.165) is 18.6 Å². The monoisotopic (exact) mass is 212 g/mol. The van der Waals surface area contributed by atoms with Gasteiger partial charge < -0.3 is 5.32 Å². The summed E-state index contributed by atoms with van der Waals surface area (Å²) in [5.41, 5.74) is 0. The fraction of sp³-hybridized carbons (Fsp3) is 1.00. The second kappa shape index (κ2) is 7.24. The van der Waals surface area contributed by atoms with E-state index in [9.17, 15) is 0 Å². The molecule has 0 aromatic rings. The van der Waals surface area contributed by atoms with Crippen molar-refractivity contribution in [3.8, 4) is 0 Å². The van der Waals surface area contributed by atoms with Crippen LogP contribution in [0.25, 0.3) is 0 Å². The molecule has 2 nitrogen and oxygen atoms in total. The molecular formula is C13H28N2. The van der Waals surface area contributed by atoms with Crippen molar-refractivity contribution in [3.05, 3.63) is 0 Å². The summed E-state index contributed by atoms with van der Waals surface area (Å²) in [4.78, 5) is 2.72. The van der Waals surface area contributed by atoms with Gasteiger partial charge in [-0.1, -0.05) is 26.2 Å². The molecule has 0 aliphatic heterocycles. The Kier molecular flexibility index (Phi) is 6.26. The minimum absolute atomic E-state index is 0.741. The molecule has 1 aliphatic rings. The molecule has 1 unspecified atom stereocenters. The lowest BCUT2D eigenvalue weighted by Gasteiger charge is -2.38. The van der Waals surface area contributed by atoms with Crippen LogP contribution in [0.4, 0.5) is 0 Å². The summed E-state index contributed by atoms with van der Waals surface area (Å²) < 4.78 is 0. The minimum Gasteiger partial charge on any atom is -0.320 e.